The van der Waals surface area contributed by atoms with Crippen LogP contribution in [0.2, 0.25) is 0 Å². The van der Waals surface area contributed by atoms with Crippen LogP contribution < -0.4 is 5.32 Å². The van der Waals surface area contributed by atoms with Gasteiger partial charge in [-0.05, 0) is 25.0 Å². The first-order chi connectivity index (χ1) is 8.25. The first kappa shape index (κ1) is 10.4. The van der Waals surface area contributed by atoms with Gasteiger partial charge in [0, 0.05) is 19.2 Å². The fourth-order valence-corrected chi connectivity index (χ4v) is 2.81. The summed E-state index contributed by atoms with van der Waals surface area (Å²) >= 11 is 0. The van der Waals surface area contributed by atoms with Crippen LogP contribution in [0.4, 0.5) is 0 Å². The summed E-state index contributed by atoms with van der Waals surface area (Å²) in [6.45, 7) is 0.730. The van der Waals surface area contributed by atoms with Crippen molar-refractivity contribution in [3.8, 4) is 0 Å². The summed E-state index contributed by atoms with van der Waals surface area (Å²) in [6, 6.07) is 3.93. The minimum absolute atomic E-state index is 0.0404. The summed E-state index contributed by atoms with van der Waals surface area (Å²) in [4.78, 5) is 28.3. The molecule has 1 aromatic rings. The first-order valence-corrected chi connectivity index (χ1v) is 5.99. The molecule has 0 unspecified atom stereocenters. The highest BCUT2D eigenvalue weighted by atomic mass is 16.2. The number of piperidine rings is 1. The average Bonchev–Trinajstić information content (AvgIpc) is 2.96. The van der Waals surface area contributed by atoms with Crippen LogP contribution in [0.5, 0.6) is 0 Å². The topological polar surface area (TPSA) is 65.2 Å². The molecule has 2 amide bonds. The SMILES string of the molecule is O=C1CC[C@H]2[C@H](CCN2C(=O)c2ccc[nH]2)N1. The van der Waals surface area contributed by atoms with Gasteiger partial charge < -0.3 is 15.2 Å². The Kier molecular flexibility index (Phi) is 2.39. The van der Waals surface area contributed by atoms with E-state index in [1.165, 1.54) is 0 Å². The van der Waals surface area contributed by atoms with Crippen molar-refractivity contribution in [2.45, 2.75) is 31.3 Å². The molecule has 90 valence electrons. The lowest BCUT2D eigenvalue weighted by molar-refractivity contribution is -0.123. The van der Waals surface area contributed by atoms with Gasteiger partial charge in [0.05, 0.1) is 12.1 Å². The van der Waals surface area contributed by atoms with Crippen LogP contribution in [0.25, 0.3) is 0 Å². The fraction of sp³-hybridized carbons (Fsp3) is 0.500. The second-order valence-corrected chi connectivity index (χ2v) is 4.65. The zero-order valence-electron chi connectivity index (χ0n) is 9.48. The van der Waals surface area contributed by atoms with Gasteiger partial charge in [0.1, 0.15) is 5.69 Å². The van der Waals surface area contributed by atoms with Crippen LogP contribution in [0.15, 0.2) is 18.3 Å². The quantitative estimate of drug-likeness (QED) is 0.742. The largest absolute Gasteiger partial charge is 0.357 e. The Hall–Kier alpha value is -1.78. The summed E-state index contributed by atoms with van der Waals surface area (Å²) in [7, 11) is 0. The van der Waals surface area contributed by atoms with Gasteiger partial charge in [-0.15, -0.1) is 0 Å². The second-order valence-electron chi connectivity index (χ2n) is 4.65. The molecule has 2 atom stereocenters. The highest BCUT2D eigenvalue weighted by Crippen LogP contribution is 2.26. The third kappa shape index (κ3) is 1.71. The van der Waals surface area contributed by atoms with E-state index in [-0.39, 0.29) is 23.9 Å². The van der Waals surface area contributed by atoms with E-state index in [9.17, 15) is 9.59 Å². The minimum Gasteiger partial charge on any atom is -0.357 e. The van der Waals surface area contributed by atoms with Crippen molar-refractivity contribution in [3.05, 3.63) is 24.0 Å². The van der Waals surface area contributed by atoms with Crippen molar-refractivity contribution < 1.29 is 9.59 Å². The number of amides is 2. The molecule has 3 rings (SSSR count). The van der Waals surface area contributed by atoms with Gasteiger partial charge in [-0.25, -0.2) is 0 Å². The molecule has 2 aliphatic rings. The molecule has 0 aromatic carbocycles. The van der Waals surface area contributed by atoms with E-state index in [0.717, 1.165) is 19.4 Å². The number of carbonyl (C=O) groups is 2. The second kappa shape index (κ2) is 3.91. The molecule has 0 radical (unpaired) electrons. The number of likely N-dealkylation sites (tertiary alicyclic amines) is 1. The number of aromatic nitrogens is 1. The van der Waals surface area contributed by atoms with Crippen LogP contribution in [0.1, 0.15) is 29.8 Å². The molecule has 2 N–H and O–H groups in total. The Labute approximate surface area is 99.2 Å². The fourth-order valence-electron chi connectivity index (χ4n) is 2.81. The predicted molar refractivity (Wildman–Crippen MR) is 61.4 cm³/mol. The summed E-state index contributed by atoms with van der Waals surface area (Å²) < 4.78 is 0. The van der Waals surface area contributed by atoms with Gasteiger partial charge in [-0.1, -0.05) is 0 Å². The molecular formula is C12H15N3O2. The maximum Gasteiger partial charge on any atom is 0.270 e. The molecule has 0 saturated carbocycles. The van der Waals surface area contributed by atoms with Crippen LogP contribution in [0, 0.1) is 0 Å². The van der Waals surface area contributed by atoms with Crippen LogP contribution in [-0.4, -0.2) is 40.3 Å². The van der Waals surface area contributed by atoms with E-state index in [4.69, 9.17) is 0 Å². The summed E-state index contributed by atoms with van der Waals surface area (Å²) in [5, 5.41) is 2.97. The van der Waals surface area contributed by atoms with Gasteiger partial charge in [0.25, 0.3) is 5.91 Å². The van der Waals surface area contributed by atoms with Crippen molar-refractivity contribution >= 4 is 11.8 Å². The molecule has 2 fully saturated rings. The molecule has 1 aromatic heterocycles. The first-order valence-electron chi connectivity index (χ1n) is 5.99. The van der Waals surface area contributed by atoms with Gasteiger partial charge in [-0.3, -0.25) is 9.59 Å². The number of nitrogens with zero attached hydrogens (tertiary/aromatic N) is 1. The van der Waals surface area contributed by atoms with E-state index in [1.807, 2.05) is 11.0 Å². The Morgan fingerprint density at radius 1 is 1.41 bits per heavy atom. The van der Waals surface area contributed by atoms with Crippen LogP contribution >= 0.6 is 0 Å². The van der Waals surface area contributed by atoms with Crippen LogP contribution in [0.3, 0.4) is 0 Å². The molecule has 5 nitrogen and oxygen atoms in total. The average molecular weight is 233 g/mol. The number of hydrogen-bond donors (Lipinski definition) is 2. The summed E-state index contributed by atoms with van der Waals surface area (Å²) in [6.07, 6.45) is 3.92. The molecule has 3 heterocycles. The third-order valence-electron chi connectivity index (χ3n) is 3.65. The number of fused-ring (bicyclic) bond motifs is 1. The minimum atomic E-state index is 0.0404. The Bertz CT molecular complexity index is 441. The molecular weight excluding hydrogens is 218 g/mol. The lowest BCUT2D eigenvalue weighted by atomic mass is 9.99. The Balaban J connectivity index is 1.77. The van der Waals surface area contributed by atoms with Gasteiger partial charge >= 0.3 is 0 Å². The highest BCUT2D eigenvalue weighted by Gasteiger charge is 2.40. The van der Waals surface area contributed by atoms with Gasteiger partial charge in [0.2, 0.25) is 5.91 Å². The Morgan fingerprint density at radius 2 is 2.29 bits per heavy atom. The third-order valence-corrected chi connectivity index (χ3v) is 3.65. The zero-order chi connectivity index (χ0) is 11.8. The van der Waals surface area contributed by atoms with E-state index < -0.39 is 0 Å². The van der Waals surface area contributed by atoms with Crippen molar-refractivity contribution in [1.82, 2.24) is 15.2 Å². The smallest absolute Gasteiger partial charge is 0.270 e. The molecule has 17 heavy (non-hydrogen) atoms. The highest BCUT2D eigenvalue weighted by molar-refractivity contribution is 5.93. The lowest BCUT2D eigenvalue weighted by Gasteiger charge is -2.31. The van der Waals surface area contributed by atoms with E-state index in [1.54, 1.807) is 12.3 Å². The summed E-state index contributed by atoms with van der Waals surface area (Å²) in [5.41, 5.74) is 0.627. The normalized spacial score (nSPS) is 27.8. The predicted octanol–water partition coefficient (Wildman–Crippen LogP) is 0.508. The number of hydrogen-bond acceptors (Lipinski definition) is 2. The number of aromatic amines is 1. The number of rotatable bonds is 1. The molecule has 5 heteroatoms. The standard InChI is InChI=1S/C12H15N3O2/c16-11-4-3-10-8(14-11)5-7-15(10)12(17)9-2-1-6-13-9/h1-2,6,8,10,13H,3-5,7H2,(H,14,16)/t8-,10-/m0/s1. The number of nitrogens with one attached hydrogen (secondary N) is 2. The molecule has 2 aliphatic heterocycles. The summed E-state index contributed by atoms with van der Waals surface area (Å²) in [5.74, 6) is 0.152. The molecule has 2 saturated heterocycles. The number of carbonyl (C=O) groups excluding carboxylic acids is 2. The maximum absolute atomic E-state index is 12.2. The van der Waals surface area contributed by atoms with E-state index in [2.05, 4.69) is 10.3 Å². The maximum atomic E-state index is 12.2. The van der Waals surface area contributed by atoms with Gasteiger partial charge in [0.15, 0.2) is 0 Å². The molecule has 0 spiro atoms. The van der Waals surface area contributed by atoms with E-state index in [0.29, 0.717) is 12.1 Å². The van der Waals surface area contributed by atoms with Gasteiger partial charge in [-0.2, -0.15) is 0 Å². The zero-order valence-corrected chi connectivity index (χ0v) is 9.48. The van der Waals surface area contributed by atoms with Crippen LogP contribution in [-0.2, 0) is 4.79 Å². The van der Waals surface area contributed by atoms with Crippen molar-refractivity contribution in [2.24, 2.45) is 0 Å². The van der Waals surface area contributed by atoms with Crippen molar-refractivity contribution in [1.29, 1.82) is 0 Å². The van der Waals surface area contributed by atoms with E-state index >= 15 is 0 Å². The monoisotopic (exact) mass is 233 g/mol. The molecule has 0 bridgehead atoms. The van der Waals surface area contributed by atoms with Crippen molar-refractivity contribution in [2.75, 3.05) is 6.54 Å². The Morgan fingerprint density at radius 3 is 3.06 bits per heavy atom. The molecule has 0 aliphatic carbocycles. The lowest BCUT2D eigenvalue weighted by Crippen LogP contribution is -2.50. The number of H-pyrrole nitrogens is 1. The van der Waals surface area contributed by atoms with Crippen molar-refractivity contribution in [3.63, 3.8) is 0 Å².